The molecule has 1 amide bonds. The topological polar surface area (TPSA) is 73.0 Å². The summed E-state index contributed by atoms with van der Waals surface area (Å²) in [6, 6.07) is 11.5. The van der Waals surface area contributed by atoms with Gasteiger partial charge in [0.25, 0.3) is 10.9 Å². The third-order valence-electron chi connectivity index (χ3n) is 4.49. The first kappa shape index (κ1) is 17.9. The zero-order valence-corrected chi connectivity index (χ0v) is 16.8. The molecule has 0 saturated carbocycles. The van der Waals surface area contributed by atoms with E-state index in [1.807, 2.05) is 56.5 Å². The van der Waals surface area contributed by atoms with Gasteiger partial charge in [0.05, 0.1) is 22.0 Å². The number of para-hydroxylation sites is 1. The Bertz CT molecular complexity index is 1030. The third-order valence-corrected chi connectivity index (χ3v) is 6.07. The van der Waals surface area contributed by atoms with E-state index in [4.69, 9.17) is 0 Å². The maximum Gasteiger partial charge on any atom is 0.302 e. The number of hydrogen-bond donors (Lipinski definition) is 0. The summed E-state index contributed by atoms with van der Waals surface area (Å²) in [7, 11) is 0. The lowest BCUT2D eigenvalue weighted by atomic mass is 10.0. The smallest absolute Gasteiger partial charge is 0.302 e. The molecular formula is C19H18N4O2S2. The number of aryl methyl sites for hydroxylation is 1. The SMILES string of the molecule is CCC(=O)N1c2ccccc2-c2c([O-])nc(SC)n[n+]2C1c1ccc(C)s1. The van der Waals surface area contributed by atoms with Gasteiger partial charge >= 0.3 is 6.17 Å². The van der Waals surface area contributed by atoms with Crippen molar-refractivity contribution >= 4 is 34.7 Å². The zero-order valence-electron chi connectivity index (χ0n) is 15.2. The lowest BCUT2D eigenvalue weighted by molar-refractivity contribution is -0.763. The van der Waals surface area contributed by atoms with Crippen molar-refractivity contribution in [3.05, 3.63) is 46.2 Å². The molecule has 0 bridgehead atoms. The predicted molar refractivity (Wildman–Crippen MR) is 104 cm³/mol. The van der Waals surface area contributed by atoms with Gasteiger partial charge in [-0.25, -0.2) is 9.88 Å². The Morgan fingerprint density at radius 2 is 2.11 bits per heavy atom. The van der Waals surface area contributed by atoms with E-state index >= 15 is 0 Å². The quantitative estimate of drug-likeness (QED) is 0.501. The third kappa shape index (κ3) is 2.89. The fraction of sp³-hybridized carbons (Fsp3) is 0.263. The Morgan fingerprint density at radius 3 is 2.78 bits per heavy atom. The molecule has 1 aromatic carbocycles. The number of nitrogens with zero attached hydrogens (tertiary/aromatic N) is 4. The van der Waals surface area contributed by atoms with Crippen LogP contribution < -0.4 is 14.7 Å². The summed E-state index contributed by atoms with van der Waals surface area (Å²) in [6.45, 7) is 3.86. The van der Waals surface area contributed by atoms with Gasteiger partial charge in [0.1, 0.15) is 0 Å². The van der Waals surface area contributed by atoms with Crippen molar-refractivity contribution in [2.45, 2.75) is 31.6 Å². The van der Waals surface area contributed by atoms with E-state index in [0.717, 1.165) is 15.4 Å². The Kier molecular flexibility index (Phi) is 4.61. The molecule has 1 atom stereocenters. The highest BCUT2D eigenvalue weighted by Gasteiger charge is 2.44. The molecule has 1 unspecified atom stereocenters. The normalized spacial score (nSPS) is 15.4. The summed E-state index contributed by atoms with van der Waals surface area (Å²) in [5, 5.41) is 17.8. The summed E-state index contributed by atoms with van der Waals surface area (Å²) in [4.78, 5) is 20.9. The first-order valence-electron chi connectivity index (χ1n) is 8.57. The Hall–Kier alpha value is -2.45. The van der Waals surface area contributed by atoms with Crippen molar-refractivity contribution in [2.75, 3.05) is 11.2 Å². The Labute approximate surface area is 165 Å². The minimum Gasteiger partial charge on any atom is -0.854 e. The van der Waals surface area contributed by atoms with E-state index in [1.165, 1.54) is 11.8 Å². The minimum absolute atomic E-state index is 0.0200. The maximum absolute atomic E-state index is 13.0. The van der Waals surface area contributed by atoms with Crippen LogP contribution in [0.25, 0.3) is 11.3 Å². The molecule has 138 valence electrons. The van der Waals surface area contributed by atoms with Gasteiger partial charge < -0.3 is 5.11 Å². The van der Waals surface area contributed by atoms with Crippen LogP contribution >= 0.6 is 23.1 Å². The fourth-order valence-corrected chi connectivity index (χ4v) is 4.61. The van der Waals surface area contributed by atoms with Crippen LogP contribution in [0, 0.1) is 6.92 Å². The summed E-state index contributed by atoms with van der Waals surface area (Å²) in [5.74, 6) is -0.350. The van der Waals surface area contributed by atoms with Crippen LogP contribution in [0.2, 0.25) is 0 Å². The van der Waals surface area contributed by atoms with Crippen LogP contribution in [-0.4, -0.2) is 22.2 Å². The predicted octanol–water partition coefficient (Wildman–Crippen LogP) is 2.90. The van der Waals surface area contributed by atoms with Crippen molar-refractivity contribution in [2.24, 2.45) is 0 Å². The van der Waals surface area contributed by atoms with Crippen molar-refractivity contribution < 1.29 is 14.6 Å². The van der Waals surface area contributed by atoms with E-state index in [0.29, 0.717) is 22.8 Å². The highest BCUT2D eigenvalue weighted by molar-refractivity contribution is 7.98. The second kappa shape index (κ2) is 6.94. The molecule has 27 heavy (non-hydrogen) atoms. The average molecular weight is 399 g/mol. The van der Waals surface area contributed by atoms with Crippen molar-refractivity contribution in [3.8, 4) is 17.1 Å². The van der Waals surface area contributed by atoms with Crippen LogP contribution in [0.4, 0.5) is 5.69 Å². The van der Waals surface area contributed by atoms with Crippen LogP contribution in [-0.2, 0) is 4.79 Å². The highest BCUT2D eigenvalue weighted by atomic mass is 32.2. The molecule has 0 radical (unpaired) electrons. The number of fused-ring (bicyclic) bond motifs is 3. The number of aromatic nitrogens is 3. The molecule has 1 aliphatic heterocycles. The number of rotatable bonds is 3. The largest absolute Gasteiger partial charge is 0.854 e. The van der Waals surface area contributed by atoms with Gasteiger partial charge in [-0.15, -0.1) is 11.3 Å². The number of thiophene rings is 1. The second-order valence-corrected chi connectivity index (χ2v) is 8.25. The number of amides is 1. The van der Waals surface area contributed by atoms with E-state index in [-0.39, 0.29) is 11.8 Å². The average Bonchev–Trinajstić information content (AvgIpc) is 3.11. The van der Waals surface area contributed by atoms with Gasteiger partial charge in [-0.3, -0.25) is 4.79 Å². The summed E-state index contributed by atoms with van der Waals surface area (Å²) >= 11 is 2.91. The molecule has 6 nitrogen and oxygen atoms in total. The molecule has 1 aliphatic rings. The Balaban J connectivity index is 2.07. The number of carbonyl (C=O) groups excluding carboxylic acids is 1. The van der Waals surface area contributed by atoms with E-state index in [9.17, 15) is 9.90 Å². The maximum atomic E-state index is 13.0. The molecule has 0 N–H and O–H groups in total. The number of benzene rings is 1. The van der Waals surface area contributed by atoms with Crippen LogP contribution in [0.3, 0.4) is 0 Å². The molecule has 0 spiro atoms. The number of hydrogen-bond acceptors (Lipinski definition) is 6. The number of thioether (sulfide) groups is 1. The Morgan fingerprint density at radius 1 is 1.33 bits per heavy atom. The van der Waals surface area contributed by atoms with Gasteiger partial charge in [0, 0.05) is 16.4 Å². The van der Waals surface area contributed by atoms with Crippen LogP contribution in [0.15, 0.2) is 41.6 Å². The van der Waals surface area contributed by atoms with Crippen molar-refractivity contribution in [1.29, 1.82) is 0 Å². The molecular weight excluding hydrogens is 380 g/mol. The molecule has 3 heterocycles. The van der Waals surface area contributed by atoms with Crippen LogP contribution in [0.1, 0.15) is 29.3 Å². The molecule has 0 saturated heterocycles. The molecule has 0 aliphatic carbocycles. The molecule has 0 fully saturated rings. The van der Waals surface area contributed by atoms with Gasteiger partial charge in [-0.1, -0.05) is 35.5 Å². The second-order valence-electron chi connectivity index (χ2n) is 6.15. The van der Waals surface area contributed by atoms with Gasteiger partial charge in [0.2, 0.25) is 5.91 Å². The van der Waals surface area contributed by atoms with Gasteiger partial charge in [-0.2, -0.15) is 0 Å². The summed E-state index contributed by atoms with van der Waals surface area (Å²) in [6.07, 6.45) is 1.69. The number of carbonyl (C=O) groups is 1. The minimum atomic E-state index is -0.498. The highest BCUT2D eigenvalue weighted by Crippen LogP contribution is 2.42. The van der Waals surface area contributed by atoms with Crippen molar-refractivity contribution in [3.63, 3.8) is 0 Å². The van der Waals surface area contributed by atoms with E-state index < -0.39 is 6.17 Å². The van der Waals surface area contributed by atoms with E-state index in [1.54, 1.807) is 20.9 Å². The molecule has 8 heteroatoms. The first-order chi connectivity index (χ1) is 13.0. The molecule has 2 aromatic heterocycles. The molecule has 3 aromatic rings. The summed E-state index contributed by atoms with van der Waals surface area (Å²) in [5.41, 5.74) is 1.82. The lowest BCUT2D eigenvalue weighted by Crippen LogP contribution is -2.58. The first-order valence-corrected chi connectivity index (χ1v) is 10.6. The van der Waals surface area contributed by atoms with Crippen molar-refractivity contribution in [1.82, 2.24) is 10.1 Å². The van der Waals surface area contributed by atoms with Crippen LogP contribution in [0.5, 0.6) is 5.88 Å². The van der Waals surface area contributed by atoms with Gasteiger partial charge in [0.15, 0.2) is 0 Å². The van der Waals surface area contributed by atoms with Gasteiger partial charge in [-0.05, 0) is 37.4 Å². The zero-order chi connectivity index (χ0) is 19.1. The monoisotopic (exact) mass is 398 g/mol. The van der Waals surface area contributed by atoms with E-state index in [2.05, 4.69) is 10.1 Å². The fourth-order valence-electron chi connectivity index (χ4n) is 3.31. The number of anilines is 1. The lowest BCUT2D eigenvalue weighted by Gasteiger charge is -2.32. The standard InChI is InChI=1S/C19H18N4O2S2/c1-4-15(24)22-13-8-6-5-7-12(13)16-17(25)20-19(26-3)21-23(16)18(22)14-10-9-11(2)27-14/h5-10,18H,4H2,1-3H3. The summed E-state index contributed by atoms with van der Waals surface area (Å²) < 4.78 is 1.67. The molecule has 4 rings (SSSR count).